The van der Waals surface area contributed by atoms with Gasteiger partial charge in [0.15, 0.2) is 0 Å². The summed E-state index contributed by atoms with van der Waals surface area (Å²) in [6, 6.07) is 8.26. The van der Waals surface area contributed by atoms with Gasteiger partial charge in [-0.25, -0.2) is 4.79 Å². The minimum Gasteiger partial charge on any atom is -0.508 e. The summed E-state index contributed by atoms with van der Waals surface area (Å²) in [5, 5.41) is 22.3. The number of amides is 2. The van der Waals surface area contributed by atoms with Crippen LogP contribution < -0.4 is 10.6 Å². The number of hydrogen-bond donors (Lipinski definition) is 3. The Morgan fingerprint density at radius 2 is 2.00 bits per heavy atom. The molecule has 5 heteroatoms. The fourth-order valence-electron chi connectivity index (χ4n) is 1.17. The summed E-state index contributed by atoms with van der Waals surface area (Å²) >= 11 is 0. The third-order valence-electron chi connectivity index (χ3n) is 1.96. The molecule has 0 aliphatic heterocycles. The molecule has 5 nitrogen and oxygen atoms in total. The molecule has 0 bridgehead atoms. The molecular formula is C11H13N3O2. The summed E-state index contributed by atoms with van der Waals surface area (Å²) in [5.74, 6) is 0.225. The standard InChI is InChI=1S/C11H13N3O2/c12-6-8-14-11(16)13-7-5-9-1-3-10(15)4-2-9/h1-4,15H,5,7-8H2,(H2,13,14,16). The van der Waals surface area contributed by atoms with Crippen molar-refractivity contribution in [3.05, 3.63) is 29.8 Å². The predicted molar refractivity (Wildman–Crippen MR) is 58.8 cm³/mol. The number of urea groups is 1. The number of hydrogen-bond acceptors (Lipinski definition) is 3. The van der Waals surface area contributed by atoms with E-state index in [1.807, 2.05) is 6.07 Å². The highest BCUT2D eigenvalue weighted by atomic mass is 16.3. The number of carbonyl (C=O) groups is 1. The summed E-state index contributed by atoms with van der Waals surface area (Å²) in [6.45, 7) is 0.493. The largest absolute Gasteiger partial charge is 0.508 e. The number of phenols is 1. The molecule has 16 heavy (non-hydrogen) atoms. The van der Waals surface area contributed by atoms with Gasteiger partial charge in [0.25, 0.3) is 0 Å². The van der Waals surface area contributed by atoms with Crippen LogP contribution in [0.5, 0.6) is 5.75 Å². The summed E-state index contributed by atoms with van der Waals surface area (Å²) in [5.41, 5.74) is 1.03. The van der Waals surface area contributed by atoms with E-state index in [-0.39, 0.29) is 18.3 Å². The van der Waals surface area contributed by atoms with Crippen LogP contribution in [-0.4, -0.2) is 24.2 Å². The minimum absolute atomic E-state index is 0.00500. The van der Waals surface area contributed by atoms with Crippen molar-refractivity contribution in [1.29, 1.82) is 5.26 Å². The molecule has 0 aliphatic rings. The zero-order chi connectivity index (χ0) is 11.8. The molecule has 1 rings (SSSR count). The molecule has 0 unspecified atom stereocenters. The van der Waals surface area contributed by atoms with E-state index in [9.17, 15) is 4.79 Å². The van der Waals surface area contributed by atoms with Gasteiger partial charge in [0.05, 0.1) is 6.07 Å². The Balaban J connectivity index is 2.23. The fraction of sp³-hybridized carbons (Fsp3) is 0.273. The highest BCUT2D eigenvalue weighted by molar-refractivity contribution is 5.74. The molecule has 0 aliphatic carbocycles. The normalized spacial score (nSPS) is 9.19. The Bertz CT molecular complexity index is 381. The number of nitrogens with one attached hydrogen (secondary N) is 2. The van der Waals surface area contributed by atoms with E-state index < -0.39 is 0 Å². The first kappa shape index (κ1) is 11.9. The molecule has 0 aromatic heterocycles. The highest BCUT2D eigenvalue weighted by Gasteiger charge is 1.98. The zero-order valence-corrected chi connectivity index (χ0v) is 8.73. The lowest BCUT2D eigenvalue weighted by atomic mass is 10.1. The SMILES string of the molecule is N#CCNC(=O)NCCc1ccc(O)cc1. The zero-order valence-electron chi connectivity index (χ0n) is 8.73. The molecule has 0 radical (unpaired) electrons. The Morgan fingerprint density at radius 3 is 2.62 bits per heavy atom. The Labute approximate surface area is 93.7 Å². The van der Waals surface area contributed by atoms with E-state index in [1.54, 1.807) is 24.3 Å². The number of nitriles is 1. The maximum absolute atomic E-state index is 11.0. The smallest absolute Gasteiger partial charge is 0.315 e. The van der Waals surface area contributed by atoms with Crippen molar-refractivity contribution in [2.24, 2.45) is 0 Å². The van der Waals surface area contributed by atoms with E-state index in [1.165, 1.54) is 0 Å². The van der Waals surface area contributed by atoms with Crippen molar-refractivity contribution >= 4 is 6.03 Å². The number of rotatable bonds is 4. The monoisotopic (exact) mass is 219 g/mol. The molecule has 84 valence electrons. The summed E-state index contributed by atoms with van der Waals surface area (Å²) in [6.07, 6.45) is 0.681. The number of aromatic hydroxyl groups is 1. The maximum Gasteiger partial charge on any atom is 0.315 e. The first-order valence-corrected chi connectivity index (χ1v) is 4.89. The Hall–Kier alpha value is -2.22. The quantitative estimate of drug-likeness (QED) is 0.653. The Morgan fingerprint density at radius 1 is 1.31 bits per heavy atom. The molecule has 0 fully saturated rings. The topological polar surface area (TPSA) is 85.2 Å². The molecular weight excluding hydrogens is 206 g/mol. The van der Waals surface area contributed by atoms with Crippen LogP contribution in [0, 0.1) is 11.3 Å². The van der Waals surface area contributed by atoms with E-state index in [2.05, 4.69) is 10.6 Å². The molecule has 0 spiro atoms. The third kappa shape index (κ3) is 4.33. The van der Waals surface area contributed by atoms with E-state index in [0.29, 0.717) is 13.0 Å². The van der Waals surface area contributed by atoms with Gasteiger partial charge in [-0.15, -0.1) is 0 Å². The van der Waals surface area contributed by atoms with Gasteiger partial charge in [-0.2, -0.15) is 5.26 Å². The average Bonchev–Trinajstić information content (AvgIpc) is 2.29. The number of benzene rings is 1. The molecule has 1 aromatic carbocycles. The van der Waals surface area contributed by atoms with Crippen LogP contribution in [0.4, 0.5) is 4.79 Å². The lowest BCUT2D eigenvalue weighted by Gasteiger charge is -2.05. The van der Waals surface area contributed by atoms with Crippen LogP contribution in [0.2, 0.25) is 0 Å². The Kier molecular flexibility index (Phi) is 4.67. The third-order valence-corrected chi connectivity index (χ3v) is 1.96. The summed E-state index contributed by atoms with van der Waals surface area (Å²) in [4.78, 5) is 11.0. The van der Waals surface area contributed by atoms with E-state index in [4.69, 9.17) is 10.4 Å². The molecule has 2 amide bonds. The van der Waals surface area contributed by atoms with Gasteiger partial charge in [0.2, 0.25) is 0 Å². The molecule has 0 atom stereocenters. The van der Waals surface area contributed by atoms with Gasteiger partial charge in [0, 0.05) is 6.54 Å². The molecule has 1 aromatic rings. The minimum atomic E-state index is -0.347. The van der Waals surface area contributed by atoms with Crippen molar-refractivity contribution in [3.63, 3.8) is 0 Å². The summed E-state index contributed by atoms with van der Waals surface area (Å²) < 4.78 is 0. The average molecular weight is 219 g/mol. The van der Waals surface area contributed by atoms with Crippen molar-refractivity contribution in [2.45, 2.75) is 6.42 Å². The first-order valence-electron chi connectivity index (χ1n) is 4.89. The van der Waals surface area contributed by atoms with Crippen LogP contribution in [-0.2, 0) is 6.42 Å². The fourth-order valence-corrected chi connectivity index (χ4v) is 1.17. The van der Waals surface area contributed by atoms with Gasteiger partial charge in [-0.05, 0) is 24.1 Å². The van der Waals surface area contributed by atoms with Crippen molar-refractivity contribution < 1.29 is 9.90 Å². The number of carbonyl (C=O) groups excluding carboxylic acids is 1. The van der Waals surface area contributed by atoms with Crippen LogP contribution in [0.25, 0.3) is 0 Å². The van der Waals surface area contributed by atoms with Crippen molar-refractivity contribution in [3.8, 4) is 11.8 Å². The van der Waals surface area contributed by atoms with Crippen LogP contribution >= 0.6 is 0 Å². The second kappa shape index (κ2) is 6.30. The van der Waals surface area contributed by atoms with Crippen LogP contribution in [0.1, 0.15) is 5.56 Å². The van der Waals surface area contributed by atoms with Gasteiger partial charge in [-0.3, -0.25) is 0 Å². The molecule has 0 saturated heterocycles. The van der Waals surface area contributed by atoms with Gasteiger partial charge >= 0.3 is 6.03 Å². The van der Waals surface area contributed by atoms with Crippen LogP contribution in [0.15, 0.2) is 24.3 Å². The number of nitrogens with zero attached hydrogens (tertiary/aromatic N) is 1. The predicted octanol–water partition coefficient (Wildman–Crippen LogP) is 0.757. The molecule has 3 N–H and O–H groups in total. The summed E-state index contributed by atoms with van der Waals surface area (Å²) in [7, 11) is 0. The molecule has 0 heterocycles. The second-order valence-electron chi connectivity index (χ2n) is 3.18. The van der Waals surface area contributed by atoms with Crippen LogP contribution in [0.3, 0.4) is 0 Å². The van der Waals surface area contributed by atoms with Crippen molar-refractivity contribution in [2.75, 3.05) is 13.1 Å². The highest BCUT2D eigenvalue weighted by Crippen LogP contribution is 2.09. The van der Waals surface area contributed by atoms with Gasteiger partial charge in [0.1, 0.15) is 12.3 Å². The second-order valence-corrected chi connectivity index (χ2v) is 3.18. The van der Waals surface area contributed by atoms with E-state index >= 15 is 0 Å². The van der Waals surface area contributed by atoms with Gasteiger partial charge < -0.3 is 15.7 Å². The van der Waals surface area contributed by atoms with Gasteiger partial charge in [-0.1, -0.05) is 12.1 Å². The van der Waals surface area contributed by atoms with E-state index in [0.717, 1.165) is 5.56 Å². The van der Waals surface area contributed by atoms with Crippen molar-refractivity contribution in [1.82, 2.24) is 10.6 Å². The molecule has 0 saturated carbocycles. The lowest BCUT2D eigenvalue weighted by Crippen LogP contribution is -2.36. The maximum atomic E-state index is 11.0. The lowest BCUT2D eigenvalue weighted by molar-refractivity contribution is 0.242. The number of phenolic OH excluding ortho intramolecular Hbond substituents is 1. The first-order chi connectivity index (χ1) is 7.72.